The van der Waals surface area contributed by atoms with Crippen molar-refractivity contribution in [2.24, 2.45) is 11.8 Å². The molecule has 2 rings (SSSR count). The molecule has 0 bridgehead atoms. The molecule has 4 nitrogen and oxygen atoms in total. The van der Waals surface area contributed by atoms with Crippen LogP contribution < -0.4 is 5.32 Å². The molecule has 1 aliphatic heterocycles. The first-order chi connectivity index (χ1) is 9.61. The van der Waals surface area contributed by atoms with Crippen LogP contribution in [0.3, 0.4) is 0 Å². The Hall–Kier alpha value is -0.770. The highest BCUT2D eigenvalue weighted by molar-refractivity contribution is 5.74. The van der Waals surface area contributed by atoms with Gasteiger partial charge in [0.05, 0.1) is 6.10 Å². The van der Waals surface area contributed by atoms with Gasteiger partial charge in [-0.2, -0.15) is 0 Å². The Kier molecular flexibility index (Phi) is 5.70. The molecular weight excluding hydrogens is 252 g/mol. The molecule has 0 spiro atoms. The maximum absolute atomic E-state index is 12.5. The minimum absolute atomic E-state index is 0.0913. The fraction of sp³-hybridized carbons (Fsp3) is 0.938. The number of carbonyl (C=O) groups is 1. The molecule has 1 saturated heterocycles. The highest BCUT2D eigenvalue weighted by Gasteiger charge is 2.30. The summed E-state index contributed by atoms with van der Waals surface area (Å²) in [6, 6.07) is 0.420. The van der Waals surface area contributed by atoms with Gasteiger partial charge in [-0.1, -0.05) is 20.3 Å². The van der Waals surface area contributed by atoms with Crippen molar-refractivity contribution in [3.05, 3.63) is 0 Å². The number of nitrogens with zero attached hydrogens (tertiary/aromatic N) is 1. The molecule has 1 heterocycles. The van der Waals surface area contributed by atoms with Crippen molar-refractivity contribution in [1.29, 1.82) is 0 Å². The molecule has 0 aromatic carbocycles. The number of hydrogen-bond acceptors (Lipinski definition) is 2. The third-order valence-corrected chi connectivity index (χ3v) is 4.95. The van der Waals surface area contributed by atoms with Crippen LogP contribution in [0.1, 0.15) is 52.9 Å². The maximum atomic E-state index is 12.5. The number of rotatable bonds is 4. The molecule has 116 valence electrons. The van der Waals surface area contributed by atoms with E-state index in [9.17, 15) is 4.79 Å². The summed E-state index contributed by atoms with van der Waals surface area (Å²) in [7, 11) is 0. The van der Waals surface area contributed by atoms with Crippen LogP contribution in [0.4, 0.5) is 4.79 Å². The lowest BCUT2D eigenvalue weighted by atomic mass is 9.79. The Morgan fingerprint density at radius 3 is 2.45 bits per heavy atom. The summed E-state index contributed by atoms with van der Waals surface area (Å²) in [6.07, 6.45) is 6.20. The maximum Gasteiger partial charge on any atom is 0.317 e. The molecule has 0 aromatic rings. The minimum Gasteiger partial charge on any atom is -0.376 e. The number of nitrogens with one attached hydrogen (secondary N) is 1. The van der Waals surface area contributed by atoms with Gasteiger partial charge in [0.1, 0.15) is 0 Å². The summed E-state index contributed by atoms with van der Waals surface area (Å²) in [6.45, 7) is 8.90. The van der Waals surface area contributed by atoms with Gasteiger partial charge in [0.2, 0.25) is 0 Å². The lowest BCUT2D eigenvalue weighted by Gasteiger charge is -2.37. The van der Waals surface area contributed by atoms with Crippen molar-refractivity contribution in [2.75, 3.05) is 19.7 Å². The second kappa shape index (κ2) is 7.30. The number of urea groups is 1. The summed E-state index contributed by atoms with van der Waals surface area (Å²) >= 11 is 0. The Balaban J connectivity index is 1.87. The van der Waals surface area contributed by atoms with E-state index in [1.165, 1.54) is 19.3 Å². The minimum atomic E-state index is 0.0913. The number of amides is 2. The van der Waals surface area contributed by atoms with Crippen molar-refractivity contribution in [1.82, 2.24) is 10.2 Å². The smallest absolute Gasteiger partial charge is 0.317 e. The lowest BCUT2D eigenvalue weighted by molar-refractivity contribution is 0.0801. The SMILES string of the molecule is CCN(C[C@@H]1CCCO1)C(=O)NC1[C@H](C)CCC[C@@H]1C. The van der Waals surface area contributed by atoms with Gasteiger partial charge in [0.25, 0.3) is 0 Å². The molecule has 4 atom stereocenters. The molecule has 2 amide bonds. The molecule has 1 N–H and O–H groups in total. The molecule has 4 heteroatoms. The summed E-state index contributed by atoms with van der Waals surface area (Å²) in [4.78, 5) is 14.4. The van der Waals surface area contributed by atoms with E-state index in [1.807, 2.05) is 11.8 Å². The number of carbonyl (C=O) groups excluding carboxylic acids is 1. The molecule has 1 unspecified atom stereocenters. The zero-order valence-corrected chi connectivity index (χ0v) is 13.2. The van der Waals surface area contributed by atoms with Crippen LogP contribution in [0.2, 0.25) is 0 Å². The molecule has 0 aromatic heterocycles. The van der Waals surface area contributed by atoms with E-state index in [2.05, 4.69) is 19.2 Å². The second-order valence-electron chi connectivity index (χ2n) is 6.53. The largest absolute Gasteiger partial charge is 0.376 e. The summed E-state index contributed by atoms with van der Waals surface area (Å²) in [5.41, 5.74) is 0. The van der Waals surface area contributed by atoms with E-state index >= 15 is 0 Å². The van der Waals surface area contributed by atoms with E-state index in [1.54, 1.807) is 0 Å². The first kappa shape index (κ1) is 15.6. The van der Waals surface area contributed by atoms with Gasteiger partial charge in [0.15, 0.2) is 0 Å². The summed E-state index contributed by atoms with van der Waals surface area (Å²) in [5.74, 6) is 1.17. The molecular formula is C16H30N2O2. The summed E-state index contributed by atoms with van der Waals surface area (Å²) < 4.78 is 5.65. The predicted molar refractivity (Wildman–Crippen MR) is 80.7 cm³/mol. The molecule has 2 aliphatic rings. The van der Waals surface area contributed by atoms with Gasteiger partial charge < -0.3 is 15.0 Å². The highest BCUT2D eigenvalue weighted by Crippen LogP contribution is 2.29. The molecule has 2 fully saturated rings. The van der Waals surface area contributed by atoms with Crippen molar-refractivity contribution < 1.29 is 9.53 Å². The standard InChI is InChI=1S/C16H30N2O2/c1-4-18(11-14-9-6-10-20-14)16(19)17-15-12(2)7-5-8-13(15)3/h12-15H,4-11H2,1-3H3,(H,17,19)/t12-,13+,14-,15?/m0/s1. The van der Waals surface area contributed by atoms with Crippen LogP contribution in [0.25, 0.3) is 0 Å². The highest BCUT2D eigenvalue weighted by atomic mass is 16.5. The van der Waals surface area contributed by atoms with Crippen molar-refractivity contribution >= 4 is 6.03 Å². The van der Waals surface area contributed by atoms with Crippen molar-refractivity contribution in [3.63, 3.8) is 0 Å². The fourth-order valence-electron chi connectivity index (χ4n) is 3.59. The van der Waals surface area contributed by atoms with Crippen LogP contribution >= 0.6 is 0 Å². The average Bonchev–Trinajstić information content (AvgIpc) is 2.93. The molecule has 1 saturated carbocycles. The van der Waals surface area contributed by atoms with Gasteiger partial charge in [-0.05, 0) is 44.4 Å². The molecule has 1 aliphatic carbocycles. The van der Waals surface area contributed by atoms with E-state index in [0.29, 0.717) is 17.9 Å². The van der Waals surface area contributed by atoms with E-state index in [0.717, 1.165) is 32.5 Å². The Morgan fingerprint density at radius 2 is 1.90 bits per heavy atom. The van der Waals surface area contributed by atoms with E-state index in [4.69, 9.17) is 4.74 Å². The van der Waals surface area contributed by atoms with Crippen molar-refractivity contribution in [2.45, 2.75) is 65.0 Å². The average molecular weight is 282 g/mol. The quantitative estimate of drug-likeness (QED) is 0.861. The Bertz CT molecular complexity index is 306. The van der Waals surface area contributed by atoms with Gasteiger partial charge in [-0.3, -0.25) is 0 Å². The molecule has 20 heavy (non-hydrogen) atoms. The van der Waals surface area contributed by atoms with Gasteiger partial charge in [0, 0.05) is 25.7 Å². The number of likely N-dealkylation sites (N-methyl/N-ethyl adjacent to an activating group) is 1. The van der Waals surface area contributed by atoms with Crippen LogP contribution in [0.5, 0.6) is 0 Å². The Morgan fingerprint density at radius 1 is 1.20 bits per heavy atom. The lowest BCUT2D eigenvalue weighted by Crippen LogP contribution is -2.52. The van der Waals surface area contributed by atoms with Crippen LogP contribution in [0, 0.1) is 11.8 Å². The third kappa shape index (κ3) is 3.87. The van der Waals surface area contributed by atoms with Crippen molar-refractivity contribution in [3.8, 4) is 0 Å². The van der Waals surface area contributed by atoms with Gasteiger partial charge in [-0.15, -0.1) is 0 Å². The van der Waals surface area contributed by atoms with E-state index < -0.39 is 0 Å². The van der Waals surface area contributed by atoms with Crippen LogP contribution in [-0.4, -0.2) is 42.8 Å². The second-order valence-corrected chi connectivity index (χ2v) is 6.53. The van der Waals surface area contributed by atoms with Crippen LogP contribution in [-0.2, 0) is 4.74 Å². The number of ether oxygens (including phenoxy) is 1. The summed E-state index contributed by atoms with van der Waals surface area (Å²) in [5, 5.41) is 3.27. The fourth-order valence-corrected chi connectivity index (χ4v) is 3.59. The van der Waals surface area contributed by atoms with Gasteiger partial charge >= 0.3 is 6.03 Å². The normalized spacial score (nSPS) is 34.0. The Labute approximate surface area is 123 Å². The topological polar surface area (TPSA) is 41.6 Å². The zero-order valence-electron chi connectivity index (χ0n) is 13.2. The predicted octanol–water partition coefficient (Wildman–Crippen LogP) is 3.02. The zero-order chi connectivity index (χ0) is 14.5. The monoisotopic (exact) mass is 282 g/mol. The number of hydrogen-bond donors (Lipinski definition) is 1. The first-order valence-electron chi connectivity index (χ1n) is 8.28. The van der Waals surface area contributed by atoms with E-state index in [-0.39, 0.29) is 12.1 Å². The third-order valence-electron chi connectivity index (χ3n) is 4.95. The first-order valence-corrected chi connectivity index (χ1v) is 8.28. The van der Waals surface area contributed by atoms with Crippen LogP contribution in [0.15, 0.2) is 0 Å². The molecule has 0 radical (unpaired) electrons. The van der Waals surface area contributed by atoms with Gasteiger partial charge in [-0.25, -0.2) is 4.79 Å².